The molecule has 0 aliphatic carbocycles. The molecule has 0 saturated heterocycles. The lowest BCUT2D eigenvalue weighted by Crippen LogP contribution is -2.41. The molecule has 0 aliphatic rings. The van der Waals surface area contributed by atoms with Gasteiger partial charge in [-0.05, 0) is 30.5 Å². The maximum absolute atomic E-state index is 11.9. The van der Waals surface area contributed by atoms with Gasteiger partial charge in [0.1, 0.15) is 5.75 Å². The minimum absolute atomic E-state index is 0.0850. The second-order valence-corrected chi connectivity index (χ2v) is 5.23. The van der Waals surface area contributed by atoms with Crippen molar-refractivity contribution in [1.29, 1.82) is 0 Å². The fourth-order valence-electron chi connectivity index (χ4n) is 2.12. The number of carbonyl (C=O) groups is 2. The number of rotatable bonds is 10. The smallest absolute Gasteiger partial charge is 0.239 e. The molecule has 0 aliphatic heterocycles. The van der Waals surface area contributed by atoms with Crippen molar-refractivity contribution in [3.63, 3.8) is 0 Å². The van der Waals surface area contributed by atoms with Gasteiger partial charge in [-0.1, -0.05) is 12.1 Å². The zero-order valence-electron chi connectivity index (χ0n) is 14.1. The van der Waals surface area contributed by atoms with E-state index in [0.717, 1.165) is 24.2 Å². The number of nitrogens with one attached hydrogen (secondary N) is 1. The first-order valence-electron chi connectivity index (χ1n) is 7.71. The number of benzene rings is 1. The van der Waals surface area contributed by atoms with Crippen LogP contribution in [0.4, 0.5) is 0 Å². The molecule has 0 radical (unpaired) electrons. The van der Waals surface area contributed by atoms with Gasteiger partial charge in [-0.25, -0.2) is 0 Å². The molecule has 6 heteroatoms. The minimum Gasteiger partial charge on any atom is -0.497 e. The first kappa shape index (κ1) is 19.0. The van der Waals surface area contributed by atoms with Crippen LogP contribution in [0, 0.1) is 0 Å². The molecule has 1 aromatic rings. The minimum atomic E-state index is -0.147. The van der Waals surface area contributed by atoms with Gasteiger partial charge >= 0.3 is 0 Å². The SMILES string of the molecule is COCCCN(CC(=O)NCCc1ccc(OC)cc1)C(C)=O. The van der Waals surface area contributed by atoms with Crippen LogP contribution in [0.25, 0.3) is 0 Å². The van der Waals surface area contributed by atoms with Crippen LogP contribution in [-0.4, -0.2) is 57.2 Å². The lowest BCUT2D eigenvalue weighted by atomic mass is 10.1. The number of amides is 2. The Bertz CT molecular complexity index is 488. The maximum Gasteiger partial charge on any atom is 0.239 e. The second kappa shape index (κ2) is 10.6. The lowest BCUT2D eigenvalue weighted by molar-refractivity contribution is -0.134. The Kier molecular flexibility index (Phi) is 8.75. The van der Waals surface area contributed by atoms with Gasteiger partial charge in [-0.2, -0.15) is 0 Å². The monoisotopic (exact) mass is 322 g/mol. The van der Waals surface area contributed by atoms with Gasteiger partial charge in [-0.15, -0.1) is 0 Å². The van der Waals surface area contributed by atoms with Gasteiger partial charge in [0.2, 0.25) is 11.8 Å². The van der Waals surface area contributed by atoms with Crippen LogP contribution in [0.2, 0.25) is 0 Å². The van der Waals surface area contributed by atoms with E-state index in [1.807, 2.05) is 24.3 Å². The van der Waals surface area contributed by atoms with Crippen molar-refractivity contribution in [2.75, 3.05) is 40.5 Å². The van der Waals surface area contributed by atoms with Crippen LogP contribution in [0.5, 0.6) is 5.75 Å². The lowest BCUT2D eigenvalue weighted by Gasteiger charge is -2.20. The summed E-state index contributed by atoms with van der Waals surface area (Å²) in [6, 6.07) is 7.73. The summed E-state index contributed by atoms with van der Waals surface area (Å²) in [7, 11) is 3.24. The van der Waals surface area contributed by atoms with E-state index >= 15 is 0 Å². The zero-order valence-corrected chi connectivity index (χ0v) is 14.1. The number of hydrogen-bond acceptors (Lipinski definition) is 4. The molecule has 0 unspecified atom stereocenters. The van der Waals surface area contributed by atoms with Crippen molar-refractivity contribution in [2.45, 2.75) is 19.8 Å². The van der Waals surface area contributed by atoms with Crippen molar-refractivity contribution < 1.29 is 19.1 Å². The number of carbonyl (C=O) groups excluding carboxylic acids is 2. The van der Waals surface area contributed by atoms with Crippen LogP contribution in [0.15, 0.2) is 24.3 Å². The highest BCUT2D eigenvalue weighted by molar-refractivity contribution is 5.83. The molecule has 1 rings (SSSR count). The Labute approximate surface area is 137 Å². The van der Waals surface area contributed by atoms with E-state index in [-0.39, 0.29) is 18.4 Å². The molecular formula is C17H26N2O4. The van der Waals surface area contributed by atoms with Crippen molar-refractivity contribution in [1.82, 2.24) is 10.2 Å². The highest BCUT2D eigenvalue weighted by atomic mass is 16.5. The Balaban J connectivity index is 2.32. The average molecular weight is 322 g/mol. The summed E-state index contributed by atoms with van der Waals surface area (Å²) in [5.41, 5.74) is 1.12. The van der Waals surface area contributed by atoms with Crippen LogP contribution in [-0.2, 0) is 20.7 Å². The van der Waals surface area contributed by atoms with E-state index < -0.39 is 0 Å². The van der Waals surface area contributed by atoms with Crippen LogP contribution in [0.3, 0.4) is 0 Å². The summed E-state index contributed by atoms with van der Waals surface area (Å²) in [5.74, 6) is 0.559. The molecule has 1 aromatic carbocycles. The molecule has 1 N–H and O–H groups in total. The van der Waals surface area contributed by atoms with Crippen LogP contribution >= 0.6 is 0 Å². The van der Waals surface area contributed by atoms with Crippen molar-refractivity contribution in [3.8, 4) is 5.75 Å². The molecule has 0 spiro atoms. The fraction of sp³-hybridized carbons (Fsp3) is 0.529. The van der Waals surface area contributed by atoms with E-state index in [2.05, 4.69) is 5.32 Å². The molecule has 0 bridgehead atoms. The number of nitrogens with zero attached hydrogens (tertiary/aromatic N) is 1. The Hall–Kier alpha value is -2.08. The van der Waals surface area contributed by atoms with E-state index in [0.29, 0.717) is 19.7 Å². The molecule has 6 nitrogen and oxygen atoms in total. The molecule has 0 fully saturated rings. The third kappa shape index (κ3) is 7.65. The predicted molar refractivity (Wildman–Crippen MR) is 88.5 cm³/mol. The molecule has 23 heavy (non-hydrogen) atoms. The summed E-state index contributed by atoms with van der Waals surface area (Å²) in [5, 5.41) is 2.84. The first-order valence-corrected chi connectivity index (χ1v) is 7.71. The molecule has 0 saturated carbocycles. The van der Waals surface area contributed by atoms with Gasteiger partial charge in [-0.3, -0.25) is 9.59 Å². The molecule has 2 amide bonds. The van der Waals surface area contributed by atoms with E-state index in [4.69, 9.17) is 9.47 Å². The summed E-state index contributed by atoms with van der Waals surface area (Å²) in [6.07, 6.45) is 1.45. The summed E-state index contributed by atoms with van der Waals surface area (Å²) < 4.78 is 10.1. The standard InChI is InChI=1S/C17H26N2O4/c1-14(20)19(11-4-12-22-2)13-17(21)18-10-9-15-5-7-16(23-3)8-6-15/h5-8H,4,9-13H2,1-3H3,(H,18,21). The molecule has 0 atom stereocenters. The van der Waals surface area contributed by atoms with Crippen molar-refractivity contribution in [2.24, 2.45) is 0 Å². The quantitative estimate of drug-likeness (QED) is 0.658. The van der Waals surface area contributed by atoms with E-state index in [9.17, 15) is 9.59 Å². The normalized spacial score (nSPS) is 10.2. The molecule has 128 valence electrons. The zero-order chi connectivity index (χ0) is 17.1. The maximum atomic E-state index is 11.9. The van der Waals surface area contributed by atoms with Gasteiger partial charge < -0.3 is 19.7 Å². The van der Waals surface area contributed by atoms with Gasteiger partial charge in [0, 0.05) is 33.7 Å². The van der Waals surface area contributed by atoms with E-state index in [1.54, 1.807) is 14.2 Å². The Morgan fingerprint density at radius 3 is 2.43 bits per heavy atom. The third-order valence-corrected chi connectivity index (χ3v) is 3.45. The van der Waals surface area contributed by atoms with Gasteiger partial charge in [0.25, 0.3) is 0 Å². The van der Waals surface area contributed by atoms with Gasteiger partial charge in [0.05, 0.1) is 13.7 Å². The van der Waals surface area contributed by atoms with Crippen molar-refractivity contribution >= 4 is 11.8 Å². The highest BCUT2D eigenvalue weighted by Gasteiger charge is 2.12. The number of hydrogen-bond donors (Lipinski definition) is 1. The second-order valence-electron chi connectivity index (χ2n) is 5.23. The molecular weight excluding hydrogens is 296 g/mol. The fourth-order valence-corrected chi connectivity index (χ4v) is 2.12. The highest BCUT2D eigenvalue weighted by Crippen LogP contribution is 2.11. The third-order valence-electron chi connectivity index (χ3n) is 3.45. The van der Waals surface area contributed by atoms with Crippen molar-refractivity contribution in [3.05, 3.63) is 29.8 Å². The number of methoxy groups -OCH3 is 2. The number of ether oxygens (including phenoxy) is 2. The van der Waals surface area contributed by atoms with Crippen LogP contribution < -0.4 is 10.1 Å². The summed E-state index contributed by atoms with van der Waals surface area (Å²) >= 11 is 0. The summed E-state index contributed by atoms with van der Waals surface area (Å²) in [4.78, 5) is 25.0. The first-order chi connectivity index (χ1) is 11.1. The Morgan fingerprint density at radius 1 is 1.17 bits per heavy atom. The molecule has 0 heterocycles. The largest absolute Gasteiger partial charge is 0.497 e. The predicted octanol–water partition coefficient (Wildman–Crippen LogP) is 1.24. The van der Waals surface area contributed by atoms with Crippen LogP contribution in [0.1, 0.15) is 18.9 Å². The Morgan fingerprint density at radius 2 is 1.87 bits per heavy atom. The van der Waals surface area contributed by atoms with Gasteiger partial charge in [0.15, 0.2) is 0 Å². The van der Waals surface area contributed by atoms with E-state index in [1.165, 1.54) is 11.8 Å². The summed E-state index contributed by atoms with van der Waals surface area (Å²) in [6.45, 7) is 3.19. The molecule has 0 aromatic heterocycles. The average Bonchev–Trinajstić information content (AvgIpc) is 2.54. The topological polar surface area (TPSA) is 67.9 Å².